The lowest BCUT2D eigenvalue weighted by atomic mass is 10.1. The lowest BCUT2D eigenvalue weighted by Gasteiger charge is -2.09. The van der Waals surface area contributed by atoms with Crippen molar-refractivity contribution in [2.24, 2.45) is 11.7 Å². The van der Waals surface area contributed by atoms with Crippen LogP contribution in [0.3, 0.4) is 0 Å². The van der Waals surface area contributed by atoms with Gasteiger partial charge in [-0.3, -0.25) is 4.79 Å². The number of aliphatic hydroxyl groups excluding tert-OH is 1. The van der Waals surface area contributed by atoms with Gasteiger partial charge in [0.2, 0.25) is 0 Å². The number of nitrogens with one attached hydrogen (secondary N) is 2. The predicted molar refractivity (Wildman–Crippen MR) is 77.5 cm³/mol. The van der Waals surface area contributed by atoms with Crippen LogP contribution in [0.2, 0.25) is 0 Å². The zero-order chi connectivity index (χ0) is 15.0. The molecule has 0 aliphatic rings. The molecule has 0 fully saturated rings. The van der Waals surface area contributed by atoms with E-state index >= 15 is 0 Å². The van der Waals surface area contributed by atoms with Gasteiger partial charge in [0.15, 0.2) is 0 Å². The first-order valence-electron chi connectivity index (χ1n) is 6.58. The van der Waals surface area contributed by atoms with Crippen LogP contribution in [0.1, 0.15) is 30.1 Å². The average Bonchev–Trinajstić information content (AvgIpc) is 2.43. The van der Waals surface area contributed by atoms with Crippen molar-refractivity contribution in [2.75, 3.05) is 18.5 Å². The van der Waals surface area contributed by atoms with E-state index in [-0.39, 0.29) is 18.4 Å². The Kier molecular flexibility index (Phi) is 6.52. The Morgan fingerprint density at radius 3 is 2.50 bits per heavy atom. The Morgan fingerprint density at radius 1 is 1.30 bits per heavy atom. The van der Waals surface area contributed by atoms with E-state index in [1.807, 2.05) is 6.92 Å². The van der Waals surface area contributed by atoms with E-state index < -0.39 is 6.03 Å². The highest BCUT2D eigenvalue weighted by Gasteiger charge is 2.06. The molecular formula is C14H21N3O3. The number of carbonyl (C=O) groups is 2. The SMILES string of the molecule is CC(CO)CCCNC(=O)c1ccc(NC(N)=O)cc1. The van der Waals surface area contributed by atoms with Crippen LogP contribution >= 0.6 is 0 Å². The summed E-state index contributed by atoms with van der Waals surface area (Å²) in [5, 5.41) is 14.1. The Labute approximate surface area is 118 Å². The van der Waals surface area contributed by atoms with Gasteiger partial charge >= 0.3 is 6.03 Å². The van der Waals surface area contributed by atoms with Gasteiger partial charge in [-0.2, -0.15) is 0 Å². The van der Waals surface area contributed by atoms with Crippen LogP contribution < -0.4 is 16.4 Å². The van der Waals surface area contributed by atoms with Crippen LogP contribution in [-0.2, 0) is 0 Å². The quantitative estimate of drug-likeness (QED) is 0.566. The molecule has 5 N–H and O–H groups in total. The van der Waals surface area contributed by atoms with Crippen molar-refractivity contribution in [3.05, 3.63) is 29.8 Å². The summed E-state index contributed by atoms with van der Waals surface area (Å²) in [5.41, 5.74) is 6.06. The van der Waals surface area contributed by atoms with Gasteiger partial charge in [0.1, 0.15) is 0 Å². The molecule has 20 heavy (non-hydrogen) atoms. The molecule has 0 spiro atoms. The highest BCUT2D eigenvalue weighted by Crippen LogP contribution is 2.09. The van der Waals surface area contributed by atoms with Crippen molar-refractivity contribution >= 4 is 17.6 Å². The third-order valence-electron chi connectivity index (χ3n) is 2.89. The Hall–Kier alpha value is -2.08. The van der Waals surface area contributed by atoms with E-state index in [9.17, 15) is 9.59 Å². The maximum absolute atomic E-state index is 11.8. The number of urea groups is 1. The summed E-state index contributed by atoms with van der Waals surface area (Å²) in [7, 11) is 0. The summed E-state index contributed by atoms with van der Waals surface area (Å²) in [4.78, 5) is 22.5. The summed E-state index contributed by atoms with van der Waals surface area (Å²) in [5.74, 6) is 0.0957. The molecule has 0 heterocycles. The summed E-state index contributed by atoms with van der Waals surface area (Å²) in [6.07, 6.45) is 1.70. The number of carbonyl (C=O) groups excluding carboxylic acids is 2. The van der Waals surface area contributed by atoms with Crippen molar-refractivity contribution in [1.82, 2.24) is 5.32 Å². The number of amides is 3. The molecule has 0 bridgehead atoms. The Morgan fingerprint density at radius 2 is 1.95 bits per heavy atom. The van der Waals surface area contributed by atoms with E-state index in [4.69, 9.17) is 10.8 Å². The number of aliphatic hydroxyl groups is 1. The third kappa shape index (κ3) is 5.71. The van der Waals surface area contributed by atoms with E-state index in [2.05, 4.69) is 10.6 Å². The number of nitrogens with two attached hydrogens (primary N) is 1. The number of hydrogen-bond acceptors (Lipinski definition) is 3. The van der Waals surface area contributed by atoms with Gasteiger partial charge in [0.05, 0.1) is 0 Å². The lowest BCUT2D eigenvalue weighted by molar-refractivity contribution is 0.0952. The molecule has 1 atom stereocenters. The van der Waals surface area contributed by atoms with Crippen LogP contribution in [0.4, 0.5) is 10.5 Å². The topological polar surface area (TPSA) is 104 Å². The summed E-state index contributed by atoms with van der Waals surface area (Å²) < 4.78 is 0. The molecular weight excluding hydrogens is 258 g/mol. The molecule has 6 nitrogen and oxygen atoms in total. The smallest absolute Gasteiger partial charge is 0.316 e. The third-order valence-corrected chi connectivity index (χ3v) is 2.89. The predicted octanol–water partition coefficient (Wildman–Crippen LogP) is 1.32. The second-order valence-corrected chi connectivity index (χ2v) is 4.75. The maximum Gasteiger partial charge on any atom is 0.316 e. The number of benzene rings is 1. The summed E-state index contributed by atoms with van der Waals surface area (Å²) in [6.45, 7) is 2.71. The molecule has 1 unspecified atom stereocenters. The van der Waals surface area contributed by atoms with Gasteiger partial charge in [-0.05, 0) is 43.0 Å². The fourth-order valence-corrected chi connectivity index (χ4v) is 1.69. The summed E-state index contributed by atoms with van der Waals surface area (Å²) in [6, 6.07) is 5.84. The molecule has 0 aliphatic carbocycles. The minimum Gasteiger partial charge on any atom is -0.396 e. The van der Waals surface area contributed by atoms with Gasteiger partial charge in [0, 0.05) is 24.4 Å². The number of hydrogen-bond donors (Lipinski definition) is 4. The first-order valence-corrected chi connectivity index (χ1v) is 6.58. The minimum absolute atomic E-state index is 0.160. The number of primary amides is 1. The highest BCUT2D eigenvalue weighted by molar-refractivity contribution is 5.95. The molecule has 0 saturated carbocycles. The first kappa shape index (κ1) is 16.0. The van der Waals surface area contributed by atoms with E-state index in [1.54, 1.807) is 24.3 Å². The Bertz CT molecular complexity index is 445. The van der Waals surface area contributed by atoms with Gasteiger partial charge in [-0.25, -0.2) is 4.79 Å². The minimum atomic E-state index is -0.639. The van der Waals surface area contributed by atoms with Crippen molar-refractivity contribution in [1.29, 1.82) is 0 Å². The first-order chi connectivity index (χ1) is 9.52. The van der Waals surface area contributed by atoms with E-state index in [0.29, 0.717) is 17.8 Å². The van der Waals surface area contributed by atoms with E-state index in [1.165, 1.54) is 0 Å². The zero-order valence-electron chi connectivity index (χ0n) is 11.6. The standard InChI is InChI=1S/C14H21N3O3/c1-10(9-18)3-2-8-16-13(19)11-4-6-12(7-5-11)17-14(15)20/h4-7,10,18H,2-3,8-9H2,1H3,(H,16,19)(H3,15,17,20). The largest absolute Gasteiger partial charge is 0.396 e. The van der Waals surface area contributed by atoms with Gasteiger partial charge < -0.3 is 21.5 Å². The molecule has 1 aromatic carbocycles. The lowest BCUT2D eigenvalue weighted by Crippen LogP contribution is -2.25. The van der Waals surface area contributed by atoms with E-state index in [0.717, 1.165) is 12.8 Å². The molecule has 1 aromatic rings. The molecule has 0 saturated heterocycles. The summed E-state index contributed by atoms with van der Waals surface area (Å²) >= 11 is 0. The van der Waals surface area contributed by atoms with Crippen LogP contribution in [0.15, 0.2) is 24.3 Å². The number of rotatable bonds is 7. The second-order valence-electron chi connectivity index (χ2n) is 4.75. The Balaban J connectivity index is 2.38. The fraction of sp³-hybridized carbons (Fsp3) is 0.429. The van der Waals surface area contributed by atoms with Gasteiger partial charge in [-0.1, -0.05) is 6.92 Å². The van der Waals surface area contributed by atoms with Crippen molar-refractivity contribution < 1.29 is 14.7 Å². The fourth-order valence-electron chi connectivity index (χ4n) is 1.69. The number of anilines is 1. The molecule has 0 aliphatic heterocycles. The van der Waals surface area contributed by atoms with Crippen molar-refractivity contribution in [3.8, 4) is 0 Å². The van der Waals surface area contributed by atoms with Gasteiger partial charge in [-0.15, -0.1) is 0 Å². The van der Waals surface area contributed by atoms with Gasteiger partial charge in [0.25, 0.3) is 5.91 Å². The second kappa shape index (κ2) is 8.16. The molecule has 0 aromatic heterocycles. The molecule has 6 heteroatoms. The molecule has 1 rings (SSSR count). The normalized spacial score (nSPS) is 11.7. The molecule has 3 amide bonds. The van der Waals surface area contributed by atoms with Crippen LogP contribution in [0.25, 0.3) is 0 Å². The van der Waals surface area contributed by atoms with Crippen LogP contribution in [-0.4, -0.2) is 30.2 Å². The molecule has 0 radical (unpaired) electrons. The average molecular weight is 279 g/mol. The highest BCUT2D eigenvalue weighted by atomic mass is 16.3. The zero-order valence-corrected chi connectivity index (χ0v) is 11.6. The maximum atomic E-state index is 11.8. The van der Waals surface area contributed by atoms with Crippen molar-refractivity contribution in [3.63, 3.8) is 0 Å². The van der Waals surface area contributed by atoms with Crippen molar-refractivity contribution in [2.45, 2.75) is 19.8 Å². The monoisotopic (exact) mass is 279 g/mol. The molecule has 110 valence electrons. The van der Waals surface area contributed by atoms with Crippen LogP contribution in [0.5, 0.6) is 0 Å². The van der Waals surface area contributed by atoms with Crippen LogP contribution in [0, 0.1) is 5.92 Å².